The van der Waals surface area contributed by atoms with Gasteiger partial charge in [-0.1, -0.05) is 73.0 Å². The largest absolute Gasteiger partial charge is 0.306 e. The van der Waals surface area contributed by atoms with Crippen LogP contribution >= 0.6 is 0 Å². The highest BCUT2D eigenvalue weighted by molar-refractivity contribution is 5.21. The summed E-state index contributed by atoms with van der Waals surface area (Å²) in [5.74, 6) is 14.3. The van der Waals surface area contributed by atoms with Gasteiger partial charge in [0.25, 0.3) is 0 Å². The summed E-state index contributed by atoms with van der Waals surface area (Å²) in [7, 11) is 18.1. The van der Waals surface area contributed by atoms with Crippen molar-refractivity contribution in [2.45, 2.75) is 220 Å². The number of nitrogens with zero attached hydrogens (tertiary/aromatic N) is 8. The number of hydrogen-bond donors (Lipinski definition) is 0. The first-order valence-electron chi connectivity index (χ1n) is 33.9. The molecule has 0 N–H and O–H groups in total. The van der Waals surface area contributed by atoms with Gasteiger partial charge < -0.3 is 34.3 Å². The maximum absolute atomic E-state index is 2.60. The van der Waals surface area contributed by atoms with E-state index in [2.05, 4.69) is 157 Å². The van der Waals surface area contributed by atoms with Gasteiger partial charge in [-0.05, 0) is 287 Å². The van der Waals surface area contributed by atoms with Crippen molar-refractivity contribution in [3.05, 3.63) is 11.6 Å². The zero-order chi connectivity index (χ0) is 55.1. The Morgan fingerprint density at radius 3 is 1.61 bits per heavy atom. The fourth-order valence-electron chi connectivity index (χ4n) is 19.3. The number of likely N-dealkylation sites (N-methyl/N-ethyl adjacent to an activating group) is 1. The van der Waals surface area contributed by atoms with Crippen LogP contribution in [0.1, 0.15) is 184 Å². The van der Waals surface area contributed by atoms with Crippen LogP contribution in [0.4, 0.5) is 0 Å². The lowest BCUT2D eigenvalue weighted by Crippen LogP contribution is -2.47. The molecule has 0 radical (unpaired) electrons. The van der Waals surface area contributed by atoms with E-state index in [0.29, 0.717) is 5.54 Å². The molecule has 9 aliphatic heterocycles. The number of fused-ring (bicyclic) bond motifs is 11. The molecule has 9 saturated heterocycles. The number of likely N-dealkylation sites (tertiary alicyclic amines) is 7. The van der Waals surface area contributed by atoms with Crippen LogP contribution in [-0.4, -0.2) is 197 Å². The maximum atomic E-state index is 2.60. The molecule has 1 spiro atoms. The Labute approximate surface area is 478 Å². The van der Waals surface area contributed by atoms with Crippen molar-refractivity contribution >= 4 is 0 Å². The summed E-state index contributed by atoms with van der Waals surface area (Å²) >= 11 is 0. The molecule has 15 fully saturated rings. The zero-order valence-corrected chi connectivity index (χ0v) is 53.8. The molecule has 77 heavy (non-hydrogen) atoms. The predicted octanol–water partition coefficient (Wildman–Crippen LogP) is 12.6. The van der Waals surface area contributed by atoms with Crippen LogP contribution in [-0.2, 0) is 0 Å². The van der Waals surface area contributed by atoms with Gasteiger partial charge in [-0.15, -0.1) is 0 Å². The lowest BCUT2D eigenvalue weighted by atomic mass is 9.73. The van der Waals surface area contributed by atoms with E-state index >= 15 is 0 Å². The van der Waals surface area contributed by atoms with Crippen molar-refractivity contribution in [2.24, 2.45) is 88.3 Å². The molecule has 0 amide bonds. The average Bonchev–Trinajstić information content (AvgIpc) is 4.11. The van der Waals surface area contributed by atoms with Gasteiger partial charge in [0.1, 0.15) is 0 Å². The molecule has 6 saturated carbocycles. The van der Waals surface area contributed by atoms with Crippen molar-refractivity contribution in [3.8, 4) is 0 Å². The first kappa shape index (κ1) is 61.0. The molecule has 16 aliphatic rings. The first-order valence-corrected chi connectivity index (χ1v) is 33.9. The molecule has 0 aromatic carbocycles. The third-order valence-electron chi connectivity index (χ3n) is 26.0. The van der Waals surface area contributed by atoms with Gasteiger partial charge in [-0.2, -0.15) is 0 Å². The van der Waals surface area contributed by atoms with Crippen LogP contribution in [0.15, 0.2) is 11.6 Å². The second-order valence-electron chi connectivity index (χ2n) is 31.9. The van der Waals surface area contributed by atoms with Crippen LogP contribution in [0, 0.1) is 88.3 Å². The third kappa shape index (κ3) is 15.2. The van der Waals surface area contributed by atoms with Gasteiger partial charge in [0.05, 0.1) is 0 Å². The third-order valence-corrected chi connectivity index (χ3v) is 26.0. The Balaban J connectivity index is 0.000000107. The fraction of sp³-hybridized carbons (Fsp3) is 0.971. The normalized spacial score (nSPS) is 46.6. The molecular weight excluding hydrogens is 941 g/mol. The second-order valence-corrected chi connectivity index (χ2v) is 31.9. The van der Waals surface area contributed by atoms with Crippen molar-refractivity contribution in [2.75, 3.05) is 122 Å². The van der Waals surface area contributed by atoms with E-state index in [1.807, 2.05) is 0 Å². The molecule has 444 valence electrons. The lowest BCUT2D eigenvalue weighted by molar-refractivity contribution is 0.0448. The monoisotopic (exact) mass is 1070 g/mol. The van der Waals surface area contributed by atoms with E-state index in [1.54, 1.807) is 5.57 Å². The van der Waals surface area contributed by atoms with Crippen LogP contribution in [0.5, 0.6) is 0 Å². The summed E-state index contributed by atoms with van der Waals surface area (Å²) in [6.07, 6.45) is 31.7. The Morgan fingerprint density at radius 2 is 1.12 bits per heavy atom. The smallest absolute Gasteiger partial charge is 0.0284 e. The minimum atomic E-state index is 0.692. The standard InChI is InChI=1S/C11H21N.3C9H17N.C8H15N.C8H13N.C8H15N.C7H13N/c1-9-7-8-12(2)11-6-4-3-5-10(9)11;1-8-3-6-10(2)9(7-8)4-5-9;1-7-8-3-4-9(7)6-10(2)5-8;1-7-5-8-3-4-9(6-7)10(8)2;2*1-6-3-8-4-7(6)5-9(8)2;1-8-3-4-9(2)6-7(8)5-8;1-5-6-3-8(2)4-7(5)6/h9-11H,3-8H2,1-2H3;8H,3-7H2,1-2H3;2*7-9H,3-6H2,1-2H3;6-8H,3-5H2,1-2H3;3,7-8H,4-5H2,1-2H3;7H,3-6H2,1-2H3;5-7H,3-4H2,1-2H3. The first-order chi connectivity index (χ1) is 36.6. The molecule has 17 atom stereocenters. The van der Waals surface area contributed by atoms with Crippen molar-refractivity contribution in [1.82, 2.24) is 39.2 Å². The van der Waals surface area contributed by atoms with Crippen LogP contribution in [0.25, 0.3) is 0 Å². The minimum Gasteiger partial charge on any atom is -0.306 e. The maximum Gasteiger partial charge on any atom is 0.0284 e. The predicted molar refractivity (Wildman–Crippen MR) is 330 cm³/mol. The van der Waals surface area contributed by atoms with Gasteiger partial charge >= 0.3 is 0 Å². The van der Waals surface area contributed by atoms with E-state index in [4.69, 9.17) is 0 Å². The topological polar surface area (TPSA) is 25.9 Å². The van der Waals surface area contributed by atoms with E-state index in [-0.39, 0.29) is 0 Å². The molecular formula is C69H128N8. The minimum absolute atomic E-state index is 0.692. The van der Waals surface area contributed by atoms with E-state index in [9.17, 15) is 0 Å². The van der Waals surface area contributed by atoms with Crippen LogP contribution in [0.3, 0.4) is 0 Å². The van der Waals surface area contributed by atoms with Crippen LogP contribution < -0.4 is 0 Å². The van der Waals surface area contributed by atoms with Crippen molar-refractivity contribution in [3.63, 3.8) is 0 Å². The molecule has 8 nitrogen and oxygen atoms in total. The number of piperidine rings is 7. The van der Waals surface area contributed by atoms with Crippen molar-refractivity contribution in [1.29, 1.82) is 0 Å². The molecule has 8 bridgehead atoms. The van der Waals surface area contributed by atoms with E-state index < -0.39 is 0 Å². The highest BCUT2D eigenvalue weighted by Gasteiger charge is 2.53. The highest BCUT2D eigenvalue weighted by atomic mass is 15.2. The molecule has 17 unspecified atom stereocenters. The Hall–Kier alpha value is -0.580. The molecule has 0 aromatic heterocycles. The lowest BCUT2D eigenvalue weighted by Gasteiger charge is -2.45. The fourth-order valence-corrected chi connectivity index (χ4v) is 19.3. The zero-order valence-electron chi connectivity index (χ0n) is 53.8. The Bertz CT molecular complexity index is 1760. The molecule has 16 rings (SSSR count). The summed E-state index contributed by atoms with van der Waals surface area (Å²) in [4.78, 5) is 20.1. The second kappa shape index (κ2) is 26.1. The van der Waals surface area contributed by atoms with E-state index in [1.165, 1.54) is 194 Å². The summed E-state index contributed by atoms with van der Waals surface area (Å²) in [6.45, 7) is 32.6. The Morgan fingerprint density at radius 1 is 0.468 bits per heavy atom. The van der Waals surface area contributed by atoms with Crippen molar-refractivity contribution < 1.29 is 0 Å². The summed E-state index contributed by atoms with van der Waals surface area (Å²) in [5.41, 5.74) is 3.10. The van der Waals surface area contributed by atoms with E-state index in [0.717, 1.165) is 118 Å². The van der Waals surface area contributed by atoms with Gasteiger partial charge in [0.15, 0.2) is 0 Å². The van der Waals surface area contributed by atoms with Gasteiger partial charge in [-0.25, -0.2) is 0 Å². The van der Waals surface area contributed by atoms with Crippen LogP contribution in [0.2, 0.25) is 0 Å². The average molecular weight is 1070 g/mol. The number of hydrogen-bond acceptors (Lipinski definition) is 8. The summed E-state index contributed by atoms with van der Waals surface area (Å²) in [5, 5.41) is 0. The summed E-state index contributed by atoms with van der Waals surface area (Å²) < 4.78 is 0. The summed E-state index contributed by atoms with van der Waals surface area (Å²) in [6, 6.07) is 4.55. The highest BCUT2D eigenvalue weighted by Crippen LogP contribution is 2.57. The van der Waals surface area contributed by atoms with Gasteiger partial charge in [-0.3, -0.25) is 4.90 Å². The van der Waals surface area contributed by atoms with Gasteiger partial charge in [0, 0.05) is 81.6 Å². The molecule has 8 heteroatoms. The van der Waals surface area contributed by atoms with Gasteiger partial charge in [0.2, 0.25) is 0 Å². The molecule has 0 aromatic rings. The number of rotatable bonds is 0. The quantitative estimate of drug-likeness (QED) is 0.222. The Kier molecular flexibility index (Phi) is 20.7. The SMILES string of the molecule is CC1=CC2CC1CN2C.CC1C2CCC1CN(C)C2.CC1C2CN(C)CC12.CC1CC2CC1CN2C.CC1CC2CCC(C1)N2C.CC1CCN(C)C2(CC2)C1.CC1CCN(C)C2CCCCC12.CN1CCC2(C)CC2C1. The molecule has 7 aliphatic carbocycles. The molecule has 9 heterocycles.